The van der Waals surface area contributed by atoms with E-state index in [-0.39, 0.29) is 17.8 Å². The van der Waals surface area contributed by atoms with Crippen LogP contribution in [0.5, 0.6) is 0 Å². The molecule has 0 fully saturated rings. The van der Waals surface area contributed by atoms with Gasteiger partial charge >= 0.3 is 12.3 Å². The van der Waals surface area contributed by atoms with Crippen LogP contribution >= 0.6 is 0 Å². The number of nitrogens with zero attached hydrogens (tertiary/aromatic N) is 1. The molecule has 2 rings (SSSR count). The van der Waals surface area contributed by atoms with Crippen molar-refractivity contribution in [2.45, 2.75) is 18.8 Å². The molecule has 123 valence electrons. The third-order valence-electron chi connectivity index (χ3n) is 2.98. The molecule has 23 heavy (non-hydrogen) atoms. The Morgan fingerprint density at radius 2 is 1.43 bits per heavy atom. The Morgan fingerprint density at radius 3 is 2.00 bits per heavy atom. The molecule has 0 atom stereocenters. The van der Waals surface area contributed by atoms with E-state index in [1.54, 1.807) is 36.4 Å². The van der Waals surface area contributed by atoms with Gasteiger partial charge in [-0.3, -0.25) is 0 Å². The van der Waals surface area contributed by atoms with E-state index < -0.39 is 12.3 Å². The fourth-order valence-corrected chi connectivity index (χ4v) is 1.86. The molecule has 2 aromatic carbocycles. The molecule has 0 heterocycles. The average molecular weight is 330 g/mol. The van der Waals surface area contributed by atoms with Crippen molar-refractivity contribution in [3.05, 3.63) is 72.6 Å². The van der Waals surface area contributed by atoms with Gasteiger partial charge in [0.15, 0.2) is 0 Å². The number of hydrogen-bond donors (Lipinski definition) is 0. The van der Waals surface area contributed by atoms with Gasteiger partial charge < -0.3 is 0 Å². The van der Waals surface area contributed by atoms with E-state index in [1.165, 1.54) is 18.2 Å². The summed E-state index contributed by atoms with van der Waals surface area (Å²) in [6, 6.07) is 14.1. The Balaban J connectivity index is 2.34. The van der Waals surface area contributed by atoms with Crippen LogP contribution in [0.1, 0.15) is 11.1 Å². The van der Waals surface area contributed by atoms with Gasteiger partial charge in [-0.15, -0.1) is 0 Å². The zero-order valence-corrected chi connectivity index (χ0v) is 11.9. The number of alkyl halides is 5. The van der Waals surface area contributed by atoms with Crippen molar-refractivity contribution in [1.29, 1.82) is 0 Å². The lowest BCUT2D eigenvalue weighted by molar-refractivity contribution is -0.395. The van der Waals surface area contributed by atoms with E-state index in [2.05, 4.69) is 11.8 Å². The first-order valence-electron chi connectivity index (χ1n) is 6.57. The molecule has 0 aliphatic rings. The third kappa shape index (κ3) is 4.19. The van der Waals surface area contributed by atoms with Crippen molar-refractivity contribution < 1.29 is 26.8 Å². The Kier molecular flexibility index (Phi) is 4.89. The van der Waals surface area contributed by atoms with Gasteiger partial charge in [-0.1, -0.05) is 48.5 Å². The second kappa shape index (κ2) is 6.54. The minimum absolute atomic E-state index is 0.0280. The van der Waals surface area contributed by atoms with Crippen LogP contribution in [0.2, 0.25) is 0 Å². The number of para-hydroxylation sites is 1. The molecular formula is C16H13F5NO. The maximum atomic E-state index is 13.3. The zero-order chi connectivity index (χ0) is 17.1. The highest BCUT2D eigenvalue weighted by atomic mass is 19.4. The van der Waals surface area contributed by atoms with Crippen LogP contribution in [-0.2, 0) is 11.4 Å². The molecule has 0 unspecified atom stereocenters. The summed E-state index contributed by atoms with van der Waals surface area (Å²) in [4.78, 5) is 4.01. The number of hydroxylamine groups is 1. The van der Waals surface area contributed by atoms with Gasteiger partial charge in [-0.05, 0) is 24.1 Å². The van der Waals surface area contributed by atoms with Crippen LogP contribution in [0.25, 0.3) is 0 Å². The van der Waals surface area contributed by atoms with Gasteiger partial charge in [0.2, 0.25) is 0 Å². The van der Waals surface area contributed by atoms with Crippen molar-refractivity contribution >= 4 is 5.69 Å². The minimum atomic E-state index is -5.82. The highest BCUT2D eigenvalue weighted by Crippen LogP contribution is 2.38. The molecule has 0 N–H and O–H groups in total. The van der Waals surface area contributed by atoms with Gasteiger partial charge in [-0.25, -0.2) is 5.06 Å². The van der Waals surface area contributed by atoms with E-state index in [0.717, 1.165) is 0 Å². The summed E-state index contributed by atoms with van der Waals surface area (Å²) in [5, 5.41) is 0.505. The fourth-order valence-electron chi connectivity index (χ4n) is 1.86. The summed E-state index contributed by atoms with van der Waals surface area (Å²) in [7, 11) is 0. The number of benzene rings is 2. The predicted molar refractivity (Wildman–Crippen MR) is 75.6 cm³/mol. The molecule has 7 heteroatoms. The fraction of sp³-hybridized carbons (Fsp3) is 0.188. The topological polar surface area (TPSA) is 12.5 Å². The zero-order valence-electron chi connectivity index (χ0n) is 11.9. The van der Waals surface area contributed by atoms with Crippen LogP contribution in [0.4, 0.5) is 27.6 Å². The minimum Gasteiger partial charge on any atom is -0.243 e. The molecule has 2 nitrogen and oxygen atoms in total. The molecule has 0 aliphatic heterocycles. The summed E-state index contributed by atoms with van der Waals surface area (Å²) < 4.78 is 63.9. The monoisotopic (exact) mass is 330 g/mol. The molecule has 0 saturated carbocycles. The van der Waals surface area contributed by atoms with Crippen LogP contribution < -0.4 is 5.06 Å². The Bertz CT molecular complexity index is 642. The van der Waals surface area contributed by atoms with Crippen LogP contribution in [0, 0.1) is 6.92 Å². The van der Waals surface area contributed by atoms with Gasteiger partial charge in [0.05, 0.1) is 12.2 Å². The lowest BCUT2D eigenvalue weighted by Crippen LogP contribution is -2.45. The summed E-state index contributed by atoms with van der Waals surface area (Å²) in [6.07, 6.45) is -11.1. The Hall–Kier alpha value is -2.15. The molecule has 0 aromatic heterocycles. The van der Waals surface area contributed by atoms with Gasteiger partial charge in [-0.2, -0.15) is 26.8 Å². The molecule has 0 aliphatic carbocycles. The van der Waals surface area contributed by atoms with E-state index in [4.69, 9.17) is 0 Å². The standard InChI is InChI=1S/C16H13F5NO/c1-12-7-5-6-10-14(12)22(11-13-8-3-2-4-9-13)23-16(20,21)15(17,18)19/h2-10H,1,11H2. The molecular weight excluding hydrogens is 317 g/mol. The van der Waals surface area contributed by atoms with E-state index in [1.807, 2.05) is 0 Å². The van der Waals surface area contributed by atoms with Crippen molar-refractivity contribution in [2.24, 2.45) is 0 Å². The number of anilines is 1. The first kappa shape index (κ1) is 17.2. The highest BCUT2D eigenvalue weighted by Gasteiger charge is 2.61. The largest absolute Gasteiger partial charge is 0.485 e. The van der Waals surface area contributed by atoms with Crippen molar-refractivity contribution in [2.75, 3.05) is 5.06 Å². The molecule has 0 amide bonds. The maximum absolute atomic E-state index is 13.3. The predicted octanol–water partition coefficient (Wildman–Crippen LogP) is 4.96. The lowest BCUT2D eigenvalue weighted by atomic mass is 10.1. The summed E-state index contributed by atoms with van der Waals surface area (Å²) in [5.74, 6) is 0. The van der Waals surface area contributed by atoms with E-state index >= 15 is 0 Å². The van der Waals surface area contributed by atoms with Gasteiger partial charge in [0.1, 0.15) is 0 Å². The second-order valence-electron chi connectivity index (χ2n) is 4.76. The number of hydrogen-bond acceptors (Lipinski definition) is 2. The Morgan fingerprint density at radius 1 is 0.870 bits per heavy atom. The van der Waals surface area contributed by atoms with Gasteiger partial charge in [0.25, 0.3) is 0 Å². The average Bonchev–Trinajstić information content (AvgIpc) is 2.47. The number of rotatable bonds is 5. The molecule has 0 spiro atoms. The molecule has 2 aromatic rings. The van der Waals surface area contributed by atoms with Crippen molar-refractivity contribution in [3.63, 3.8) is 0 Å². The van der Waals surface area contributed by atoms with Crippen LogP contribution in [0.15, 0.2) is 54.6 Å². The summed E-state index contributed by atoms with van der Waals surface area (Å²) in [5.41, 5.74) is 0.801. The lowest BCUT2D eigenvalue weighted by Gasteiger charge is -2.30. The van der Waals surface area contributed by atoms with Crippen molar-refractivity contribution in [3.8, 4) is 0 Å². The van der Waals surface area contributed by atoms with Gasteiger partial charge in [0, 0.05) is 0 Å². The third-order valence-corrected chi connectivity index (χ3v) is 2.98. The summed E-state index contributed by atoms with van der Waals surface area (Å²) in [6.45, 7) is 3.33. The quantitative estimate of drug-likeness (QED) is 0.567. The van der Waals surface area contributed by atoms with Crippen LogP contribution in [-0.4, -0.2) is 12.3 Å². The Labute approximate surface area is 130 Å². The molecule has 0 saturated heterocycles. The van der Waals surface area contributed by atoms with Crippen LogP contribution in [0.3, 0.4) is 0 Å². The van der Waals surface area contributed by atoms with E-state index in [9.17, 15) is 22.0 Å². The maximum Gasteiger partial charge on any atom is 0.485 e. The van der Waals surface area contributed by atoms with E-state index in [0.29, 0.717) is 10.6 Å². The normalized spacial score (nSPS) is 12.3. The number of halogens is 5. The highest BCUT2D eigenvalue weighted by molar-refractivity contribution is 5.53. The molecule has 0 bridgehead atoms. The SMILES string of the molecule is [CH2]c1ccccc1N(Cc1ccccc1)OC(F)(F)C(F)(F)F. The smallest absolute Gasteiger partial charge is 0.243 e. The van der Waals surface area contributed by atoms with Crippen molar-refractivity contribution in [1.82, 2.24) is 0 Å². The second-order valence-corrected chi connectivity index (χ2v) is 4.76. The summed E-state index contributed by atoms with van der Waals surface area (Å²) >= 11 is 0. The first-order chi connectivity index (χ1) is 10.7. The molecule has 1 radical (unpaired) electrons. The first-order valence-corrected chi connectivity index (χ1v) is 6.57.